The van der Waals surface area contributed by atoms with E-state index in [0.29, 0.717) is 28.6 Å². The number of nitrogens with one attached hydrogen (secondary N) is 1. The number of ether oxygens (including phenoxy) is 1. The van der Waals surface area contributed by atoms with E-state index in [9.17, 15) is 19.1 Å². The lowest BCUT2D eigenvalue weighted by Crippen LogP contribution is -2.27. The molecule has 32 heavy (non-hydrogen) atoms. The average Bonchev–Trinajstić information content (AvgIpc) is 2.77. The molecule has 1 saturated heterocycles. The lowest BCUT2D eigenvalue weighted by molar-refractivity contribution is 0.0697. The van der Waals surface area contributed by atoms with Crippen LogP contribution < -0.4 is 10.9 Å². The fourth-order valence-electron chi connectivity index (χ4n) is 4.16. The summed E-state index contributed by atoms with van der Waals surface area (Å²) in [5.41, 5.74) is 1.29. The van der Waals surface area contributed by atoms with Gasteiger partial charge < -0.3 is 15.2 Å². The SMILES string of the molecule is C[C@@H](Nc1ccc(F)cc1C(=O)O)c1cc(Br)cc2c(=O)n(C)c(C3CCOCC3)nc12. The zero-order chi connectivity index (χ0) is 23.0. The van der Waals surface area contributed by atoms with Gasteiger partial charge in [-0.1, -0.05) is 15.9 Å². The molecule has 4 rings (SSSR count). The summed E-state index contributed by atoms with van der Waals surface area (Å²) in [7, 11) is 1.74. The Bertz CT molecular complexity index is 1250. The maximum absolute atomic E-state index is 13.6. The zero-order valence-electron chi connectivity index (χ0n) is 17.7. The van der Waals surface area contributed by atoms with Crippen molar-refractivity contribution in [3.63, 3.8) is 0 Å². The molecule has 2 aromatic carbocycles. The molecule has 1 atom stereocenters. The van der Waals surface area contributed by atoms with E-state index >= 15 is 0 Å². The van der Waals surface area contributed by atoms with Gasteiger partial charge in [0.2, 0.25) is 0 Å². The fraction of sp³-hybridized carbons (Fsp3) is 0.348. The van der Waals surface area contributed by atoms with Crippen molar-refractivity contribution in [1.82, 2.24) is 9.55 Å². The number of carbonyl (C=O) groups is 1. The van der Waals surface area contributed by atoms with E-state index in [1.54, 1.807) is 17.7 Å². The molecule has 0 spiro atoms. The van der Waals surface area contributed by atoms with E-state index in [1.165, 1.54) is 12.1 Å². The van der Waals surface area contributed by atoms with Crippen LogP contribution in [0, 0.1) is 5.82 Å². The normalized spacial score (nSPS) is 15.6. The first-order valence-corrected chi connectivity index (χ1v) is 11.1. The predicted molar refractivity (Wildman–Crippen MR) is 123 cm³/mol. The van der Waals surface area contributed by atoms with E-state index < -0.39 is 17.8 Å². The third-order valence-electron chi connectivity index (χ3n) is 5.85. The Morgan fingerprint density at radius 2 is 2.03 bits per heavy atom. The van der Waals surface area contributed by atoms with Gasteiger partial charge in [-0.25, -0.2) is 14.2 Å². The molecule has 9 heteroatoms. The highest BCUT2D eigenvalue weighted by molar-refractivity contribution is 9.10. The van der Waals surface area contributed by atoms with Gasteiger partial charge in [0.1, 0.15) is 11.6 Å². The minimum absolute atomic E-state index is 0.126. The summed E-state index contributed by atoms with van der Waals surface area (Å²) < 4.78 is 21.4. The van der Waals surface area contributed by atoms with Crippen LogP contribution in [0.25, 0.3) is 10.9 Å². The third kappa shape index (κ3) is 4.27. The fourth-order valence-corrected chi connectivity index (χ4v) is 4.64. The van der Waals surface area contributed by atoms with E-state index in [4.69, 9.17) is 9.72 Å². The first-order valence-electron chi connectivity index (χ1n) is 10.3. The molecule has 0 amide bonds. The molecular weight excluding hydrogens is 481 g/mol. The van der Waals surface area contributed by atoms with Crippen molar-refractivity contribution in [2.45, 2.75) is 31.7 Å². The molecule has 3 aromatic rings. The summed E-state index contributed by atoms with van der Waals surface area (Å²) in [4.78, 5) is 29.7. The van der Waals surface area contributed by atoms with Crippen molar-refractivity contribution < 1.29 is 19.0 Å². The number of rotatable bonds is 5. The highest BCUT2D eigenvalue weighted by atomic mass is 79.9. The van der Waals surface area contributed by atoms with E-state index in [2.05, 4.69) is 21.2 Å². The minimum atomic E-state index is -1.23. The molecule has 2 N–H and O–H groups in total. The molecule has 0 aliphatic carbocycles. The van der Waals surface area contributed by atoms with Crippen LogP contribution in [-0.4, -0.2) is 33.8 Å². The first-order chi connectivity index (χ1) is 15.3. The number of aromatic nitrogens is 2. The molecule has 168 valence electrons. The Balaban J connectivity index is 1.82. The highest BCUT2D eigenvalue weighted by Gasteiger charge is 2.24. The lowest BCUT2D eigenvalue weighted by Gasteiger charge is -2.25. The average molecular weight is 504 g/mol. The second-order valence-electron chi connectivity index (χ2n) is 7.97. The number of fused-ring (bicyclic) bond motifs is 1. The monoisotopic (exact) mass is 503 g/mol. The number of halogens is 2. The summed E-state index contributed by atoms with van der Waals surface area (Å²) in [6.45, 7) is 3.11. The number of aromatic carboxylic acids is 1. The van der Waals surface area contributed by atoms with Gasteiger partial charge in [0.05, 0.1) is 22.5 Å². The predicted octanol–water partition coefficient (Wildman–Crippen LogP) is 4.60. The Morgan fingerprint density at radius 3 is 2.72 bits per heavy atom. The molecule has 0 unspecified atom stereocenters. The number of hydrogen-bond acceptors (Lipinski definition) is 5. The van der Waals surface area contributed by atoms with Gasteiger partial charge in [-0.2, -0.15) is 0 Å². The lowest BCUT2D eigenvalue weighted by atomic mass is 9.98. The molecule has 1 aliphatic heterocycles. The van der Waals surface area contributed by atoms with Gasteiger partial charge in [-0.05, 0) is 50.1 Å². The van der Waals surface area contributed by atoms with Gasteiger partial charge >= 0.3 is 5.97 Å². The summed E-state index contributed by atoms with van der Waals surface area (Å²) >= 11 is 3.47. The molecule has 0 saturated carbocycles. The minimum Gasteiger partial charge on any atom is -0.478 e. The van der Waals surface area contributed by atoms with E-state index in [1.807, 2.05) is 13.0 Å². The highest BCUT2D eigenvalue weighted by Crippen LogP contribution is 2.32. The van der Waals surface area contributed by atoms with Crippen molar-refractivity contribution in [1.29, 1.82) is 0 Å². The second-order valence-corrected chi connectivity index (χ2v) is 8.89. The first kappa shape index (κ1) is 22.4. The largest absolute Gasteiger partial charge is 0.478 e. The van der Waals surface area contributed by atoms with Crippen LogP contribution >= 0.6 is 15.9 Å². The Kier molecular flexibility index (Phi) is 6.30. The van der Waals surface area contributed by atoms with Crippen LogP contribution in [-0.2, 0) is 11.8 Å². The summed E-state index contributed by atoms with van der Waals surface area (Å²) in [6.07, 6.45) is 1.59. The Hall–Kier alpha value is -2.78. The number of carboxylic acid groups (broad SMARTS) is 1. The van der Waals surface area contributed by atoms with Gasteiger partial charge in [-0.3, -0.25) is 9.36 Å². The second kappa shape index (κ2) is 8.99. The van der Waals surface area contributed by atoms with Crippen LogP contribution in [0.4, 0.5) is 10.1 Å². The molecular formula is C23H23BrFN3O4. The number of nitrogens with zero attached hydrogens (tertiary/aromatic N) is 2. The van der Waals surface area contributed by atoms with Crippen molar-refractivity contribution >= 4 is 38.5 Å². The van der Waals surface area contributed by atoms with Crippen LogP contribution in [0.2, 0.25) is 0 Å². The van der Waals surface area contributed by atoms with Gasteiger partial charge in [0.15, 0.2) is 0 Å². The number of hydrogen-bond donors (Lipinski definition) is 2. The van der Waals surface area contributed by atoms with Gasteiger partial charge in [0, 0.05) is 41.9 Å². The van der Waals surface area contributed by atoms with Crippen molar-refractivity contribution in [2.75, 3.05) is 18.5 Å². The topological polar surface area (TPSA) is 93.5 Å². The molecule has 1 fully saturated rings. The van der Waals surface area contributed by atoms with Crippen LogP contribution in [0.1, 0.15) is 53.5 Å². The number of benzene rings is 2. The Labute approximate surface area is 192 Å². The van der Waals surface area contributed by atoms with Crippen LogP contribution in [0.15, 0.2) is 39.6 Å². The summed E-state index contributed by atoms with van der Waals surface area (Å²) in [6, 6.07) is 6.79. The van der Waals surface area contributed by atoms with Gasteiger partial charge in [0.25, 0.3) is 5.56 Å². The van der Waals surface area contributed by atoms with Crippen molar-refractivity contribution in [2.24, 2.45) is 7.05 Å². The van der Waals surface area contributed by atoms with Gasteiger partial charge in [-0.15, -0.1) is 0 Å². The molecule has 0 bridgehead atoms. The smallest absolute Gasteiger partial charge is 0.337 e. The summed E-state index contributed by atoms with van der Waals surface area (Å²) in [5, 5.41) is 13.1. The van der Waals surface area contributed by atoms with E-state index in [-0.39, 0.29) is 22.7 Å². The molecule has 1 aromatic heterocycles. The number of carboxylic acids is 1. The molecule has 0 radical (unpaired) electrons. The maximum atomic E-state index is 13.6. The third-order valence-corrected chi connectivity index (χ3v) is 6.30. The number of anilines is 1. The Morgan fingerprint density at radius 1 is 1.31 bits per heavy atom. The molecule has 2 heterocycles. The standard InChI is InChI=1S/C23H23BrFN3O4/c1-12(26-19-4-3-15(25)11-17(19)23(30)31)16-9-14(24)10-18-20(16)27-21(28(2)22(18)29)13-5-7-32-8-6-13/h3-4,9-13,26H,5-8H2,1-2H3,(H,30,31)/t12-/m1/s1. The molecule has 1 aliphatic rings. The summed E-state index contributed by atoms with van der Waals surface area (Å²) in [5.74, 6) is -1.01. The van der Waals surface area contributed by atoms with Crippen molar-refractivity contribution in [3.8, 4) is 0 Å². The van der Waals surface area contributed by atoms with E-state index in [0.717, 1.165) is 30.3 Å². The quantitative estimate of drug-likeness (QED) is 0.528. The van der Waals surface area contributed by atoms with Crippen molar-refractivity contribution in [3.05, 3.63) is 67.9 Å². The van der Waals surface area contributed by atoms with Crippen LogP contribution in [0.5, 0.6) is 0 Å². The maximum Gasteiger partial charge on any atom is 0.337 e. The zero-order valence-corrected chi connectivity index (χ0v) is 19.3. The van der Waals surface area contributed by atoms with Crippen LogP contribution in [0.3, 0.4) is 0 Å². The molecule has 7 nitrogen and oxygen atoms in total.